The number of hydrogen-bond donors (Lipinski definition) is 0. The average Bonchev–Trinajstić information content (AvgIpc) is 2.58. The smallest absolute Gasteiger partial charge is 0.311 e. The minimum absolute atomic E-state index is 0.0871. The van der Waals surface area contributed by atoms with Crippen molar-refractivity contribution in [2.75, 3.05) is 20.3 Å². The lowest BCUT2D eigenvalue weighted by Gasteiger charge is -2.21. The SMILES string of the molecule is COC(=O)C(CC[N+](=O)[O-])C1COC(C)(C)O1. The Balaban J connectivity index is 2.63. The van der Waals surface area contributed by atoms with Gasteiger partial charge in [0.15, 0.2) is 5.79 Å². The molecule has 1 rings (SSSR count). The van der Waals surface area contributed by atoms with E-state index in [0.717, 1.165) is 0 Å². The lowest BCUT2D eigenvalue weighted by Crippen LogP contribution is -2.34. The van der Waals surface area contributed by atoms with Crippen molar-refractivity contribution in [3.63, 3.8) is 0 Å². The normalized spacial score (nSPS) is 24.3. The zero-order valence-electron chi connectivity index (χ0n) is 10.2. The highest BCUT2D eigenvalue weighted by atomic mass is 16.7. The van der Waals surface area contributed by atoms with Crippen LogP contribution in [-0.4, -0.2) is 43.0 Å². The molecule has 0 aromatic heterocycles. The molecule has 0 saturated carbocycles. The second-order valence-corrected chi connectivity index (χ2v) is 4.34. The van der Waals surface area contributed by atoms with Gasteiger partial charge in [0.2, 0.25) is 6.54 Å². The molecule has 1 aliphatic heterocycles. The van der Waals surface area contributed by atoms with E-state index in [4.69, 9.17) is 9.47 Å². The fourth-order valence-electron chi connectivity index (χ4n) is 1.77. The predicted molar refractivity (Wildman–Crippen MR) is 56.9 cm³/mol. The van der Waals surface area contributed by atoms with Gasteiger partial charge in [-0.05, 0) is 13.8 Å². The number of hydrogen-bond acceptors (Lipinski definition) is 6. The molecule has 0 N–H and O–H groups in total. The first kappa shape index (κ1) is 13.9. The van der Waals surface area contributed by atoms with E-state index in [1.165, 1.54) is 7.11 Å². The molecule has 1 fully saturated rings. The fourth-order valence-corrected chi connectivity index (χ4v) is 1.77. The second kappa shape index (κ2) is 5.42. The van der Waals surface area contributed by atoms with Crippen molar-refractivity contribution in [3.05, 3.63) is 10.1 Å². The molecule has 0 radical (unpaired) electrons. The van der Waals surface area contributed by atoms with Gasteiger partial charge >= 0.3 is 5.97 Å². The Bertz CT molecular complexity index is 303. The van der Waals surface area contributed by atoms with Gasteiger partial charge in [-0.3, -0.25) is 14.9 Å². The predicted octanol–water partition coefficient (Wildman–Crippen LogP) is 0.594. The monoisotopic (exact) mass is 247 g/mol. The van der Waals surface area contributed by atoms with Crippen LogP contribution in [-0.2, 0) is 19.0 Å². The number of esters is 1. The van der Waals surface area contributed by atoms with Crippen LogP contribution in [0.15, 0.2) is 0 Å². The van der Waals surface area contributed by atoms with Gasteiger partial charge in [-0.1, -0.05) is 0 Å². The second-order valence-electron chi connectivity index (χ2n) is 4.34. The molecule has 0 aliphatic carbocycles. The summed E-state index contributed by atoms with van der Waals surface area (Å²) in [7, 11) is 1.25. The van der Waals surface area contributed by atoms with E-state index < -0.39 is 28.7 Å². The fraction of sp³-hybridized carbons (Fsp3) is 0.900. The van der Waals surface area contributed by atoms with Gasteiger partial charge in [0.1, 0.15) is 0 Å². The molecule has 0 aromatic carbocycles. The standard InChI is InChI=1S/C10H17NO6/c1-10(2)16-6-8(17-10)7(9(12)15-3)4-5-11(13)14/h7-8H,4-6H2,1-3H3. The van der Waals surface area contributed by atoms with Crippen LogP contribution in [0, 0.1) is 16.0 Å². The first-order valence-corrected chi connectivity index (χ1v) is 5.37. The van der Waals surface area contributed by atoms with E-state index >= 15 is 0 Å². The molecular weight excluding hydrogens is 230 g/mol. The molecule has 17 heavy (non-hydrogen) atoms. The molecule has 0 spiro atoms. The van der Waals surface area contributed by atoms with E-state index in [1.54, 1.807) is 13.8 Å². The first-order chi connectivity index (χ1) is 7.85. The van der Waals surface area contributed by atoms with Crippen LogP contribution in [0.2, 0.25) is 0 Å². The van der Waals surface area contributed by atoms with Crippen molar-refractivity contribution >= 4 is 5.97 Å². The number of nitro groups is 1. The quantitative estimate of drug-likeness (QED) is 0.401. The van der Waals surface area contributed by atoms with E-state index in [-0.39, 0.29) is 19.6 Å². The number of methoxy groups -OCH3 is 1. The molecule has 0 bridgehead atoms. The van der Waals surface area contributed by atoms with Gasteiger partial charge in [-0.2, -0.15) is 0 Å². The summed E-state index contributed by atoms with van der Waals surface area (Å²) in [6.45, 7) is 3.41. The van der Waals surface area contributed by atoms with Crippen LogP contribution in [0.1, 0.15) is 20.3 Å². The number of ether oxygens (including phenoxy) is 3. The third kappa shape index (κ3) is 3.94. The van der Waals surface area contributed by atoms with Crippen LogP contribution >= 0.6 is 0 Å². The highest BCUT2D eigenvalue weighted by molar-refractivity contribution is 5.73. The minimum atomic E-state index is -0.758. The lowest BCUT2D eigenvalue weighted by molar-refractivity contribution is -0.481. The molecule has 98 valence electrons. The van der Waals surface area contributed by atoms with Crippen molar-refractivity contribution < 1.29 is 23.9 Å². The van der Waals surface area contributed by atoms with Crippen LogP contribution in [0.5, 0.6) is 0 Å². The molecule has 0 amide bonds. The van der Waals surface area contributed by atoms with E-state index in [2.05, 4.69) is 4.74 Å². The Morgan fingerprint density at radius 1 is 1.65 bits per heavy atom. The van der Waals surface area contributed by atoms with Crippen LogP contribution < -0.4 is 0 Å². The maximum absolute atomic E-state index is 11.5. The summed E-state index contributed by atoms with van der Waals surface area (Å²) >= 11 is 0. The molecule has 0 aromatic rings. The topological polar surface area (TPSA) is 87.9 Å². The summed E-state index contributed by atoms with van der Waals surface area (Å²) in [6.07, 6.45) is -0.401. The molecule has 7 heteroatoms. The Hall–Kier alpha value is -1.21. The Kier molecular flexibility index (Phi) is 4.41. The van der Waals surface area contributed by atoms with Gasteiger partial charge in [-0.25, -0.2) is 0 Å². The third-order valence-electron chi connectivity index (χ3n) is 2.61. The number of rotatable bonds is 5. The number of carbonyl (C=O) groups excluding carboxylic acids is 1. The highest BCUT2D eigenvalue weighted by Crippen LogP contribution is 2.28. The molecule has 2 unspecified atom stereocenters. The zero-order valence-corrected chi connectivity index (χ0v) is 10.2. The average molecular weight is 247 g/mol. The summed E-state index contributed by atoms with van der Waals surface area (Å²) in [5, 5.41) is 10.3. The molecule has 1 aliphatic rings. The molecule has 2 atom stereocenters. The summed E-state index contributed by atoms with van der Waals surface area (Å²) in [6, 6.07) is 0. The Labute approximate surface area is 99.2 Å². The van der Waals surface area contributed by atoms with Gasteiger partial charge in [-0.15, -0.1) is 0 Å². The van der Waals surface area contributed by atoms with Gasteiger partial charge in [0.25, 0.3) is 0 Å². The summed E-state index contributed by atoms with van der Waals surface area (Å²) in [5.74, 6) is -1.92. The van der Waals surface area contributed by atoms with Crippen molar-refractivity contribution in [1.29, 1.82) is 0 Å². The van der Waals surface area contributed by atoms with Gasteiger partial charge < -0.3 is 14.2 Å². The van der Waals surface area contributed by atoms with Crippen LogP contribution in [0.3, 0.4) is 0 Å². The lowest BCUT2D eigenvalue weighted by atomic mass is 9.99. The summed E-state index contributed by atoms with van der Waals surface area (Å²) in [4.78, 5) is 21.4. The maximum atomic E-state index is 11.5. The van der Waals surface area contributed by atoms with Crippen molar-refractivity contribution in [1.82, 2.24) is 0 Å². The Morgan fingerprint density at radius 2 is 2.29 bits per heavy atom. The minimum Gasteiger partial charge on any atom is -0.469 e. The van der Waals surface area contributed by atoms with Crippen LogP contribution in [0.4, 0.5) is 0 Å². The Morgan fingerprint density at radius 3 is 2.71 bits per heavy atom. The third-order valence-corrected chi connectivity index (χ3v) is 2.61. The van der Waals surface area contributed by atoms with Crippen LogP contribution in [0.25, 0.3) is 0 Å². The van der Waals surface area contributed by atoms with Gasteiger partial charge in [0, 0.05) is 11.3 Å². The summed E-state index contributed by atoms with van der Waals surface area (Å²) in [5.41, 5.74) is 0. The van der Waals surface area contributed by atoms with E-state index in [0.29, 0.717) is 0 Å². The van der Waals surface area contributed by atoms with Crippen molar-refractivity contribution in [2.45, 2.75) is 32.2 Å². The first-order valence-electron chi connectivity index (χ1n) is 5.37. The molecule has 7 nitrogen and oxygen atoms in total. The maximum Gasteiger partial charge on any atom is 0.311 e. The largest absolute Gasteiger partial charge is 0.469 e. The molecule has 1 saturated heterocycles. The zero-order chi connectivity index (χ0) is 13.1. The molecule has 1 heterocycles. The number of nitrogens with zero attached hydrogens (tertiary/aromatic N) is 1. The highest BCUT2D eigenvalue weighted by Gasteiger charge is 2.41. The molecular formula is C10H17NO6. The van der Waals surface area contributed by atoms with Crippen molar-refractivity contribution in [3.8, 4) is 0 Å². The summed E-state index contributed by atoms with van der Waals surface area (Å²) < 4.78 is 15.5. The van der Waals surface area contributed by atoms with Crippen molar-refractivity contribution in [2.24, 2.45) is 5.92 Å². The number of carbonyl (C=O) groups is 1. The van der Waals surface area contributed by atoms with E-state index in [1.807, 2.05) is 0 Å². The van der Waals surface area contributed by atoms with Gasteiger partial charge in [0.05, 0.1) is 25.7 Å². The van der Waals surface area contributed by atoms with E-state index in [9.17, 15) is 14.9 Å².